The van der Waals surface area contributed by atoms with Gasteiger partial charge in [0.1, 0.15) is 11.9 Å². The summed E-state index contributed by atoms with van der Waals surface area (Å²) < 4.78 is 15.9. The molecule has 0 spiro atoms. The van der Waals surface area contributed by atoms with Gasteiger partial charge in [-0.2, -0.15) is 0 Å². The Morgan fingerprint density at radius 2 is 2.20 bits per heavy atom. The fraction of sp³-hybridized carbons (Fsp3) is 0.533. The van der Waals surface area contributed by atoms with Crippen LogP contribution in [0.5, 0.6) is 5.75 Å². The Morgan fingerprint density at radius 1 is 1.45 bits per heavy atom. The molecule has 0 aliphatic carbocycles. The van der Waals surface area contributed by atoms with E-state index in [1.54, 1.807) is 31.2 Å². The number of carbonyl (C=O) groups is 1. The van der Waals surface area contributed by atoms with Crippen molar-refractivity contribution < 1.29 is 24.1 Å². The standard InChI is InChI=1S/C15H20O5/c1-2-19-15(17)14(16)11-5-7-12(8-6-11)20-13-4-3-9-18-10-13/h5-8,13-14,16H,2-4,9-10H2,1H3. The molecule has 0 amide bonds. The summed E-state index contributed by atoms with van der Waals surface area (Å²) in [6.07, 6.45) is 0.809. The lowest BCUT2D eigenvalue weighted by atomic mass is 10.1. The number of rotatable bonds is 5. The van der Waals surface area contributed by atoms with Gasteiger partial charge in [-0.25, -0.2) is 4.79 Å². The van der Waals surface area contributed by atoms with Crippen molar-refractivity contribution >= 4 is 5.97 Å². The topological polar surface area (TPSA) is 65.0 Å². The molecule has 1 aliphatic heterocycles. The SMILES string of the molecule is CCOC(=O)C(O)c1ccc(OC2CCCOC2)cc1. The molecular formula is C15H20O5. The highest BCUT2D eigenvalue weighted by molar-refractivity contribution is 5.76. The molecule has 0 aromatic heterocycles. The third-order valence-electron chi connectivity index (χ3n) is 3.13. The van der Waals surface area contributed by atoms with Gasteiger partial charge >= 0.3 is 5.97 Å². The maximum absolute atomic E-state index is 11.4. The largest absolute Gasteiger partial charge is 0.488 e. The smallest absolute Gasteiger partial charge is 0.339 e. The Labute approximate surface area is 118 Å². The van der Waals surface area contributed by atoms with E-state index in [-0.39, 0.29) is 12.7 Å². The van der Waals surface area contributed by atoms with Gasteiger partial charge in [0.05, 0.1) is 13.2 Å². The molecule has 5 heteroatoms. The Hall–Kier alpha value is -1.59. The minimum Gasteiger partial charge on any atom is -0.488 e. The van der Waals surface area contributed by atoms with Crippen LogP contribution in [0.25, 0.3) is 0 Å². The lowest BCUT2D eigenvalue weighted by Crippen LogP contribution is -2.28. The highest BCUT2D eigenvalue weighted by Gasteiger charge is 2.19. The van der Waals surface area contributed by atoms with Crippen molar-refractivity contribution in [1.82, 2.24) is 0 Å². The molecule has 0 radical (unpaired) electrons. The van der Waals surface area contributed by atoms with Crippen LogP contribution in [0.3, 0.4) is 0 Å². The number of carbonyl (C=O) groups excluding carboxylic acids is 1. The second-order valence-electron chi connectivity index (χ2n) is 4.68. The minimum atomic E-state index is -1.25. The third-order valence-corrected chi connectivity index (χ3v) is 3.13. The van der Waals surface area contributed by atoms with Crippen LogP contribution in [-0.4, -0.2) is 37.0 Å². The molecule has 20 heavy (non-hydrogen) atoms. The van der Waals surface area contributed by atoms with E-state index < -0.39 is 12.1 Å². The van der Waals surface area contributed by atoms with Crippen molar-refractivity contribution in [2.45, 2.75) is 32.0 Å². The van der Waals surface area contributed by atoms with E-state index in [0.717, 1.165) is 19.4 Å². The predicted octanol–water partition coefficient (Wildman–Crippen LogP) is 1.84. The molecule has 1 N–H and O–H groups in total. The minimum absolute atomic E-state index is 0.0737. The van der Waals surface area contributed by atoms with Crippen molar-refractivity contribution in [3.8, 4) is 5.75 Å². The van der Waals surface area contributed by atoms with Crippen LogP contribution in [0.15, 0.2) is 24.3 Å². The second kappa shape index (κ2) is 7.26. The zero-order chi connectivity index (χ0) is 14.4. The van der Waals surface area contributed by atoms with Crippen molar-refractivity contribution in [3.63, 3.8) is 0 Å². The number of esters is 1. The number of aliphatic hydroxyl groups excluding tert-OH is 1. The zero-order valence-electron chi connectivity index (χ0n) is 11.6. The van der Waals surface area contributed by atoms with Gasteiger partial charge in [-0.15, -0.1) is 0 Å². The first-order chi connectivity index (χ1) is 9.70. The van der Waals surface area contributed by atoms with E-state index in [4.69, 9.17) is 14.2 Å². The molecule has 5 nitrogen and oxygen atoms in total. The van der Waals surface area contributed by atoms with Crippen LogP contribution < -0.4 is 4.74 Å². The lowest BCUT2D eigenvalue weighted by Gasteiger charge is -2.23. The summed E-state index contributed by atoms with van der Waals surface area (Å²) in [4.78, 5) is 11.4. The van der Waals surface area contributed by atoms with Crippen molar-refractivity contribution in [3.05, 3.63) is 29.8 Å². The fourth-order valence-corrected chi connectivity index (χ4v) is 2.08. The van der Waals surface area contributed by atoms with Gasteiger partial charge < -0.3 is 19.3 Å². The lowest BCUT2D eigenvalue weighted by molar-refractivity contribution is -0.153. The number of hydrogen-bond donors (Lipinski definition) is 1. The summed E-state index contributed by atoms with van der Waals surface area (Å²) in [5.74, 6) is 0.0714. The molecule has 1 aliphatic rings. The van der Waals surface area contributed by atoms with E-state index in [2.05, 4.69) is 0 Å². The quantitative estimate of drug-likeness (QED) is 0.834. The summed E-state index contributed by atoms with van der Waals surface area (Å²) in [6.45, 7) is 3.35. The van der Waals surface area contributed by atoms with Crippen molar-refractivity contribution in [2.24, 2.45) is 0 Å². The first-order valence-electron chi connectivity index (χ1n) is 6.89. The highest BCUT2D eigenvalue weighted by Crippen LogP contribution is 2.21. The fourth-order valence-electron chi connectivity index (χ4n) is 2.08. The summed E-state index contributed by atoms with van der Waals surface area (Å²) >= 11 is 0. The van der Waals surface area contributed by atoms with Crippen molar-refractivity contribution in [2.75, 3.05) is 19.8 Å². The summed E-state index contributed by atoms with van der Waals surface area (Å²) in [5.41, 5.74) is 0.496. The number of ether oxygens (including phenoxy) is 3. The maximum Gasteiger partial charge on any atom is 0.339 e. The summed E-state index contributed by atoms with van der Waals surface area (Å²) in [7, 11) is 0. The average molecular weight is 280 g/mol. The third kappa shape index (κ3) is 3.95. The Kier molecular flexibility index (Phi) is 5.38. The van der Waals surface area contributed by atoms with E-state index in [9.17, 15) is 9.90 Å². The maximum atomic E-state index is 11.4. The Bertz CT molecular complexity index is 422. The Balaban J connectivity index is 1.93. The van der Waals surface area contributed by atoms with Gasteiger partial charge in [-0.05, 0) is 37.5 Å². The van der Waals surface area contributed by atoms with E-state index in [1.165, 1.54) is 0 Å². The van der Waals surface area contributed by atoms with Crippen LogP contribution in [0.2, 0.25) is 0 Å². The summed E-state index contributed by atoms with van der Waals surface area (Å²) in [5, 5.41) is 9.80. The van der Waals surface area contributed by atoms with Gasteiger partial charge in [0.2, 0.25) is 0 Å². The second-order valence-corrected chi connectivity index (χ2v) is 4.68. The monoisotopic (exact) mass is 280 g/mol. The molecule has 2 rings (SSSR count). The van der Waals surface area contributed by atoms with Gasteiger partial charge in [-0.3, -0.25) is 0 Å². The van der Waals surface area contributed by atoms with Gasteiger partial charge in [0, 0.05) is 6.61 Å². The molecule has 1 saturated heterocycles. The van der Waals surface area contributed by atoms with Gasteiger partial charge in [0.15, 0.2) is 6.10 Å². The first kappa shape index (κ1) is 14.8. The molecule has 2 atom stereocenters. The molecular weight excluding hydrogens is 260 g/mol. The van der Waals surface area contributed by atoms with E-state index >= 15 is 0 Å². The molecule has 1 aromatic rings. The normalized spacial score (nSPS) is 20.2. The van der Waals surface area contributed by atoms with Crippen LogP contribution in [-0.2, 0) is 14.3 Å². The predicted molar refractivity (Wildman–Crippen MR) is 72.5 cm³/mol. The van der Waals surface area contributed by atoms with Crippen LogP contribution in [0.1, 0.15) is 31.4 Å². The van der Waals surface area contributed by atoms with Gasteiger partial charge in [0.25, 0.3) is 0 Å². The number of hydrogen-bond acceptors (Lipinski definition) is 5. The molecule has 2 unspecified atom stereocenters. The average Bonchev–Trinajstić information content (AvgIpc) is 2.48. The molecule has 110 valence electrons. The molecule has 1 fully saturated rings. The van der Waals surface area contributed by atoms with Crippen LogP contribution in [0, 0.1) is 0 Å². The molecule has 1 heterocycles. The van der Waals surface area contributed by atoms with Crippen LogP contribution >= 0.6 is 0 Å². The van der Waals surface area contributed by atoms with Gasteiger partial charge in [-0.1, -0.05) is 12.1 Å². The molecule has 0 bridgehead atoms. The molecule has 0 saturated carbocycles. The molecule has 1 aromatic carbocycles. The Morgan fingerprint density at radius 3 is 2.80 bits per heavy atom. The summed E-state index contributed by atoms with van der Waals surface area (Å²) in [6, 6.07) is 6.82. The number of aliphatic hydroxyl groups is 1. The zero-order valence-corrected chi connectivity index (χ0v) is 11.6. The van der Waals surface area contributed by atoms with E-state index in [1.807, 2.05) is 0 Å². The highest BCUT2D eigenvalue weighted by atomic mass is 16.5. The number of benzene rings is 1. The first-order valence-corrected chi connectivity index (χ1v) is 6.89. The van der Waals surface area contributed by atoms with E-state index in [0.29, 0.717) is 17.9 Å². The van der Waals surface area contributed by atoms with Crippen molar-refractivity contribution in [1.29, 1.82) is 0 Å². The van der Waals surface area contributed by atoms with Crippen LogP contribution in [0.4, 0.5) is 0 Å².